The third-order valence-electron chi connectivity index (χ3n) is 4.68. The molecule has 0 fully saturated rings. The Morgan fingerprint density at radius 1 is 1.03 bits per heavy atom. The molecule has 0 aliphatic heterocycles. The van der Waals surface area contributed by atoms with Crippen LogP contribution in [0.1, 0.15) is 32.8 Å². The number of amides is 1. The van der Waals surface area contributed by atoms with E-state index < -0.39 is 7.60 Å². The minimum absolute atomic E-state index is 0.155. The standard InChI is InChI=1S/C23H27FN3O4P/c1-4-22(28)26-21-15-25-23(27(21)20-13-11-19(24)12-14-20)18-9-7-17(8-10-18)16-32(29,30-5-2)31-6-3/h7-15H,4-6,16H2,1-3H3,(H,26,28). The summed E-state index contributed by atoms with van der Waals surface area (Å²) in [4.78, 5) is 16.5. The molecule has 0 radical (unpaired) electrons. The number of carbonyl (C=O) groups is 1. The molecular formula is C23H27FN3O4P. The van der Waals surface area contributed by atoms with Gasteiger partial charge < -0.3 is 14.4 Å². The summed E-state index contributed by atoms with van der Waals surface area (Å²) in [5, 5.41) is 2.83. The number of aromatic nitrogens is 2. The Bertz CT molecular complexity index is 1090. The van der Waals surface area contributed by atoms with Crippen molar-refractivity contribution in [2.75, 3.05) is 18.5 Å². The van der Waals surface area contributed by atoms with Gasteiger partial charge in [-0.1, -0.05) is 31.2 Å². The van der Waals surface area contributed by atoms with Crippen molar-refractivity contribution < 1.29 is 22.8 Å². The summed E-state index contributed by atoms with van der Waals surface area (Å²) in [6.45, 7) is 5.92. The highest BCUT2D eigenvalue weighted by molar-refractivity contribution is 7.53. The monoisotopic (exact) mass is 459 g/mol. The molecular weight excluding hydrogens is 432 g/mol. The lowest BCUT2D eigenvalue weighted by atomic mass is 10.1. The van der Waals surface area contributed by atoms with Gasteiger partial charge in [0.2, 0.25) is 5.91 Å². The molecule has 0 atom stereocenters. The van der Waals surface area contributed by atoms with Crippen molar-refractivity contribution in [2.24, 2.45) is 0 Å². The van der Waals surface area contributed by atoms with Gasteiger partial charge >= 0.3 is 7.60 Å². The van der Waals surface area contributed by atoms with Crippen molar-refractivity contribution in [1.82, 2.24) is 9.55 Å². The highest BCUT2D eigenvalue weighted by Crippen LogP contribution is 2.51. The summed E-state index contributed by atoms with van der Waals surface area (Å²) >= 11 is 0. The smallest absolute Gasteiger partial charge is 0.310 e. The summed E-state index contributed by atoms with van der Waals surface area (Å²) in [5.74, 6) is 0.553. The lowest BCUT2D eigenvalue weighted by Gasteiger charge is -2.17. The molecule has 0 saturated carbocycles. The van der Waals surface area contributed by atoms with Crippen molar-refractivity contribution >= 4 is 19.3 Å². The van der Waals surface area contributed by atoms with Gasteiger partial charge in [0.15, 0.2) is 0 Å². The van der Waals surface area contributed by atoms with Gasteiger partial charge in [0.1, 0.15) is 17.5 Å². The molecule has 1 amide bonds. The molecule has 1 heterocycles. The van der Waals surface area contributed by atoms with Crippen molar-refractivity contribution in [3.8, 4) is 17.1 Å². The molecule has 7 nitrogen and oxygen atoms in total. The zero-order valence-corrected chi connectivity index (χ0v) is 19.3. The molecule has 3 rings (SSSR count). The Hall–Kier alpha value is -2.80. The van der Waals surface area contributed by atoms with Crippen LogP contribution in [0.25, 0.3) is 17.1 Å². The Labute approximate surface area is 187 Å². The van der Waals surface area contributed by atoms with Gasteiger partial charge in [-0.2, -0.15) is 0 Å². The van der Waals surface area contributed by atoms with Crippen LogP contribution in [-0.4, -0.2) is 28.7 Å². The van der Waals surface area contributed by atoms with Gasteiger partial charge in [0.25, 0.3) is 0 Å². The predicted octanol–water partition coefficient (Wildman–Crippen LogP) is 5.79. The minimum Gasteiger partial charge on any atom is -0.310 e. The first kappa shape index (κ1) is 23.9. The summed E-state index contributed by atoms with van der Waals surface area (Å²) in [7, 11) is -3.21. The average Bonchev–Trinajstić information content (AvgIpc) is 3.18. The molecule has 170 valence electrons. The zero-order chi connectivity index (χ0) is 23.1. The van der Waals surface area contributed by atoms with Gasteiger partial charge in [-0.25, -0.2) is 9.37 Å². The largest absolute Gasteiger partial charge is 0.335 e. The number of hydrogen-bond donors (Lipinski definition) is 1. The quantitative estimate of drug-likeness (QED) is 0.388. The third kappa shape index (κ3) is 5.71. The van der Waals surface area contributed by atoms with E-state index in [0.717, 1.165) is 11.1 Å². The van der Waals surface area contributed by atoms with Crippen LogP contribution in [0.3, 0.4) is 0 Å². The first-order chi connectivity index (χ1) is 15.4. The summed E-state index contributed by atoms with van der Waals surface area (Å²) in [5.41, 5.74) is 2.24. The zero-order valence-electron chi connectivity index (χ0n) is 18.4. The highest BCUT2D eigenvalue weighted by Gasteiger charge is 2.24. The Morgan fingerprint density at radius 2 is 1.66 bits per heavy atom. The molecule has 32 heavy (non-hydrogen) atoms. The molecule has 0 aliphatic carbocycles. The SMILES string of the molecule is CCOP(=O)(Cc1ccc(-c2ncc(NC(=O)CC)n2-c2ccc(F)cc2)cc1)OCC. The fourth-order valence-corrected chi connectivity index (χ4v) is 4.93. The normalized spacial score (nSPS) is 11.5. The maximum Gasteiger partial charge on any atom is 0.335 e. The van der Waals surface area contributed by atoms with Crippen molar-refractivity contribution in [3.05, 3.63) is 66.1 Å². The lowest BCUT2D eigenvalue weighted by Crippen LogP contribution is -2.13. The first-order valence-electron chi connectivity index (χ1n) is 10.5. The van der Waals surface area contributed by atoms with Crippen LogP contribution in [0.4, 0.5) is 10.2 Å². The Balaban J connectivity index is 1.96. The lowest BCUT2D eigenvalue weighted by molar-refractivity contribution is -0.115. The van der Waals surface area contributed by atoms with Gasteiger partial charge in [-0.3, -0.25) is 13.9 Å². The maximum absolute atomic E-state index is 13.5. The predicted molar refractivity (Wildman–Crippen MR) is 122 cm³/mol. The second-order valence-electron chi connectivity index (χ2n) is 6.98. The molecule has 0 aliphatic rings. The topological polar surface area (TPSA) is 82.5 Å². The number of nitrogens with zero attached hydrogens (tertiary/aromatic N) is 2. The summed E-state index contributed by atoms with van der Waals surface area (Å²) in [6, 6.07) is 13.3. The number of anilines is 1. The van der Waals surface area contributed by atoms with E-state index in [2.05, 4.69) is 10.3 Å². The Kier molecular flexibility index (Phi) is 7.96. The number of imidazole rings is 1. The van der Waals surface area contributed by atoms with Crippen LogP contribution >= 0.6 is 7.60 Å². The fourth-order valence-electron chi connectivity index (χ4n) is 3.23. The molecule has 0 unspecified atom stereocenters. The van der Waals surface area contributed by atoms with Gasteiger partial charge in [0.05, 0.1) is 25.6 Å². The maximum atomic E-state index is 13.5. The van der Waals surface area contributed by atoms with Crippen molar-refractivity contribution in [3.63, 3.8) is 0 Å². The van der Waals surface area contributed by atoms with E-state index >= 15 is 0 Å². The van der Waals surface area contributed by atoms with E-state index in [1.165, 1.54) is 12.1 Å². The Morgan fingerprint density at radius 3 is 2.22 bits per heavy atom. The molecule has 0 saturated heterocycles. The second-order valence-corrected chi connectivity index (χ2v) is 9.04. The van der Waals surface area contributed by atoms with Crippen LogP contribution in [0.2, 0.25) is 0 Å². The van der Waals surface area contributed by atoms with E-state index in [1.54, 1.807) is 43.7 Å². The number of benzene rings is 2. The van der Waals surface area contributed by atoms with E-state index in [4.69, 9.17) is 9.05 Å². The van der Waals surface area contributed by atoms with Crippen LogP contribution < -0.4 is 5.32 Å². The van der Waals surface area contributed by atoms with Gasteiger partial charge in [0, 0.05) is 17.7 Å². The van der Waals surface area contributed by atoms with E-state index in [0.29, 0.717) is 37.0 Å². The van der Waals surface area contributed by atoms with E-state index in [9.17, 15) is 13.8 Å². The van der Waals surface area contributed by atoms with Crippen molar-refractivity contribution in [2.45, 2.75) is 33.4 Å². The number of rotatable bonds is 10. The molecule has 1 aromatic heterocycles. The molecule has 3 aromatic rings. The van der Waals surface area contributed by atoms with Crippen LogP contribution in [-0.2, 0) is 24.6 Å². The molecule has 9 heteroatoms. The number of hydrogen-bond acceptors (Lipinski definition) is 5. The minimum atomic E-state index is -3.21. The van der Waals surface area contributed by atoms with Gasteiger partial charge in [-0.05, 0) is 43.7 Å². The molecule has 0 bridgehead atoms. The second kappa shape index (κ2) is 10.7. The average molecular weight is 459 g/mol. The molecule has 0 spiro atoms. The number of carbonyl (C=O) groups excluding carboxylic acids is 1. The summed E-state index contributed by atoms with van der Waals surface area (Å²) < 4.78 is 38.8. The van der Waals surface area contributed by atoms with Gasteiger partial charge in [-0.15, -0.1) is 0 Å². The van der Waals surface area contributed by atoms with Crippen LogP contribution in [0.15, 0.2) is 54.7 Å². The molecule has 1 N–H and O–H groups in total. The highest BCUT2D eigenvalue weighted by atomic mass is 31.2. The van der Waals surface area contributed by atoms with E-state index in [1.807, 2.05) is 24.3 Å². The summed E-state index contributed by atoms with van der Waals surface area (Å²) in [6.07, 6.45) is 2.05. The molecule has 2 aromatic carbocycles. The van der Waals surface area contributed by atoms with Crippen molar-refractivity contribution in [1.29, 1.82) is 0 Å². The fraction of sp³-hybridized carbons (Fsp3) is 0.304. The third-order valence-corrected chi connectivity index (χ3v) is 6.73. The number of nitrogens with one attached hydrogen (secondary N) is 1. The van der Waals surface area contributed by atoms with Crippen LogP contribution in [0, 0.1) is 5.82 Å². The van der Waals surface area contributed by atoms with E-state index in [-0.39, 0.29) is 17.9 Å². The number of halogens is 1. The van der Waals surface area contributed by atoms with Crippen LogP contribution in [0.5, 0.6) is 0 Å². The first-order valence-corrected chi connectivity index (χ1v) is 12.2.